The van der Waals surface area contributed by atoms with E-state index in [-0.39, 0.29) is 5.82 Å². The largest absolute Gasteiger partial charge is 0.401 e. The van der Waals surface area contributed by atoms with Crippen LogP contribution >= 0.6 is 0 Å². The van der Waals surface area contributed by atoms with E-state index < -0.39 is 0 Å². The first-order valence-electron chi connectivity index (χ1n) is 6.23. The summed E-state index contributed by atoms with van der Waals surface area (Å²) in [5.41, 5.74) is 6.91. The fourth-order valence-electron chi connectivity index (χ4n) is 1.66. The highest BCUT2D eigenvalue weighted by atomic mass is 19.1. The summed E-state index contributed by atoms with van der Waals surface area (Å²) in [6, 6.07) is 10.2. The molecule has 2 aromatic carbocycles. The Morgan fingerprint density at radius 1 is 1.11 bits per heavy atom. The second kappa shape index (κ2) is 6.75. The molecule has 0 unspecified atom stereocenters. The van der Waals surface area contributed by atoms with Crippen LogP contribution < -0.4 is 16.6 Å². The van der Waals surface area contributed by atoms with E-state index in [9.17, 15) is 4.39 Å². The predicted molar refractivity (Wildman–Crippen MR) is 79.9 cm³/mol. The molecule has 0 aromatic heterocycles. The third-order valence-corrected chi connectivity index (χ3v) is 2.43. The van der Waals surface area contributed by atoms with Gasteiger partial charge in [-0.25, -0.2) is 10.2 Å². The molecule has 0 aliphatic carbocycles. The first-order valence-corrected chi connectivity index (χ1v) is 6.23. The van der Waals surface area contributed by atoms with Crippen LogP contribution in [-0.4, -0.2) is 0 Å². The van der Waals surface area contributed by atoms with E-state index in [1.165, 1.54) is 17.1 Å². The number of hydrogen-bond acceptors (Lipinski definition) is 3. The van der Waals surface area contributed by atoms with Gasteiger partial charge in [0.05, 0.1) is 5.69 Å². The second-order valence-electron chi connectivity index (χ2n) is 3.96. The van der Waals surface area contributed by atoms with Gasteiger partial charge < -0.3 is 5.73 Å². The molecule has 0 aliphatic rings. The van der Waals surface area contributed by atoms with Crippen LogP contribution in [0, 0.1) is 5.82 Å². The van der Waals surface area contributed by atoms with Gasteiger partial charge in [0.15, 0.2) is 0 Å². The number of hydrogen-bond donors (Lipinski definition) is 2. The molecular weight excluding hydrogens is 241 g/mol. The molecule has 19 heavy (non-hydrogen) atoms. The number of allylic oxidation sites excluding steroid dienone is 1. The van der Waals surface area contributed by atoms with Crippen molar-refractivity contribution in [2.24, 2.45) is 11.6 Å². The molecule has 2 aromatic rings. The van der Waals surface area contributed by atoms with Gasteiger partial charge in [-0.15, -0.1) is 0 Å². The van der Waals surface area contributed by atoms with Crippen molar-refractivity contribution < 1.29 is 4.39 Å². The Hall–Kier alpha value is -2.07. The van der Waals surface area contributed by atoms with Gasteiger partial charge in [-0.2, -0.15) is 0 Å². The first kappa shape index (κ1) is 15.0. The van der Waals surface area contributed by atoms with E-state index in [0.29, 0.717) is 5.70 Å². The maximum Gasteiger partial charge on any atom is 0.123 e. The molecule has 0 bridgehead atoms. The molecule has 0 saturated carbocycles. The number of benzene rings is 2. The normalized spacial score (nSPS) is 10.9. The van der Waals surface area contributed by atoms with Gasteiger partial charge in [0.1, 0.15) is 5.82 Å². The topological polar surface area (TPSA) is 55.3 Å². The molecule has 0 fully saturated rings. The van der Waals surface area contributed by atoms with Gasteiger partial charge >= 0.3 is 0 Å². The van der Waals surface area contributed by atoms with Crippen molar-refractivity contribution in [3.8, 4) is 0 Å². The van der Waals surface area contributed by atoms with Crippen LogP contribution in [-0.2, 0) is 0 Å². The fraction of sp³-hybridized carbons (Fsp3) is 0.200. The first-order chi connectivity index (χ1) is 9.06. The van der Waals surface area contributed by atoms with E-state index in [4.69, 9.17) is 11.6 Å². The van der Waals surface area contributed by atoms with Crippen molar-refractivity contribution in [3.05, 3.63) is 54.1 Å². The molecule has 102 valence electrons. The monoisotopic (exact) mass is 261 g/mol. The third kappa shape index (κ3) is 3.96. The molecule has 0 radical (unpaired) electrons. The molecule has 2 rings (SSSR count). The smallest absolute Gasteiger partial charge is 0.123 e. The Kier molecular flexibility index (Phi) is 5.33. The summed E-state index contributed by atoms with van der Waals surface area (Å²) in [5, 5.41) is 3.19. The number of anilines is 1. The average molecular weight is 261 g/mol. The Balaban J connectivity index is 0.000000861. The predicted octanol–water partition coefficient (Wildman–Crippen LogP) is 3.51. The summed E-state index contributed by atoms with van der Waals surface area (Å²) >= 11 is 0. The zero-order valence-electron chi connectivity index (χ0n) is 11.5. The van der Waals surface area contributed by atoms with Crippen molar-refractivity contribution in [2.75, 3.05) is 5.01 Å². The maximum absolute atomic E-state index is 13.1. The quantitative estimate of drug-likeness (QED) is 0.642. The lowest BCUT2D eigenvalue weighted by Crippen LogP contribution is -2.25. The Bertz CT molecular complexity index is 575. The van der Waals surface area contributed by atoms with E-state index in [2.05, 4.69) is 0 Å². The van der Waals surface area contributed by atoms with Crippen LogP contribution in [0.2, 0.25) is 0 Å². The molecule has 0 saturated heterocycles. The van der Waals surface area contributed by atoms with Crippen molar-refractivity contribution in [2.45, 2.75) is 20.8 Å². The maximum atomic E-state index is 13.1. The average Bonchev–Trinajstić information content (AvgIpc) is 2.39. The molecule has 0 spiro atoms. The number of fused-ring (bicyclic) bond motifs is 1. The minimum Gasteiger partial charge on any atom is -0.401 e. The highest BCUT2D eigenvalue weighted by Gasteiger charge is 2.01. The van der Waals surface area contributed by atoms with E-state index in [1.807, 2.05) is 32.0 Å². The zero-order chi connectivity index (χ0) is 14.4. The van der Waals surface area contributed by atoms with E-state index in [1.54, 1.807) is 19.2 Å². The number of nitrogens with zero attached hydrogens (tertiary/aromatic N) is 1. The zero-order valence-corrected chi connectivity index (χ0v) is 11.5. The summed E-state index contributed by atoms with van der Waals surface area (Å²) in [6.45, 7) is 5.75. The molecular formula is C15H20FN3. The second-order valence-corrected chi connectivity index (χ2v) is 3.96. The van der Waals surface area contributed by atoms with Crippen molar-refractivity contribution in [3.63, 3.8) is 0 Å². The van der Waals surface area contributed by atoms with Crippen LogP contribution in [0.3, 0.4) is 0 Å². The summed E-state index contributed by atoms with van der Waals surface area (Å²) in [5.74, 6) is 5.55. The van der Waals surface area contributed by atoms with Crippen LogP contribution in [0.5, 0.6) is 0 Å². The third-order valence-electron chi connectivity index (χ3n) is 2.43. The lowest BCUT2D eigenvalue weighted by atomic mass is 10.1. The number of hydrazine groups is 1. The van der Waals surface area contributed by atoms with Crippen molar-refractivity contribution in [1.82, 2.24) is 0 Å². The number of halogens is 1. The van der Waals surface area contributed by atoms with Crippen LogP contribution in [0.25, 0.3) is 10.8 Å². The van der Waals surface area contributed by atoms with Gasteiger partial charge in [-0.3, -0.25) is 5.01 Å². The van der Waals surface area contributed by atoms with Gasteiger partial charge in [-0.05, 0) is 42.0 Å². The summed E-state index contributed by atoms with van der Waals surface area (Å²) in [6.07, 6.45) is 1.61. The lowest BCUT2D eigenvalue weighted by Gasteiger charge is -2.15. The molecule has 0 heterocycles. The molecule has 0 atom stereocenters. The number of rotatable bonds is 2. The molecule has 0 amide bonds. The molecule has 4 N–H and O–H groups in total. The Morgan fingerprint density at radius 3 is 2.37 bits per heavy atom. The fourth-order valence-corrected chi connectivity index (χ4v) is 1.66. The van der Waals surface area contributed by atoms with Gasteiger partial charge in [0.25, 0.3) is 0 Å². The Morgan fingerprint density at radius 2 is 1.74 bits per heavy atom. The van der Waals surface area contributed by atoms with Crippen LogP contribution in [0.1, 0.15) is 20.8 Å². The summed E-state index contributed by atoms with van der Waals surface area (Å²) in [4.78, 5) is 0. The minimum absolute atomic E-state index is 0.260. The lowest BCUT2D eigenvalue weighted by molar-refractivity contribution is 0.630. The van der Waals surface area contributed by atoms with Gasteiger partial charge in [0.2, 0.25) is 0 Å². The van der Waals surface area contributed by atoms with Crippen LogP contribution in [0.15, 0.2) is 48.3 Å². The SMILES string of the molecule is C/C(N)=C/N(N)c1ccc2ccc(F)cc2c1.CC. The number of nitrogens with two attached hydrogens (primary N) is 2. The van der Waals surface area contributed by atoms with Gasteiger partial charge in [0, 0.05) is 11.9 Å². The standard InChI is InChI=1S/C13H14FN3.C2H6/c1-9(15)8-17(16)13-5-3-10-2-4-12(14)6-11(10)7-13;1-2/h2-8H,15-16H2,1H3;1-2H3/b9-8-;. The van der Waals surface area contributed by atoms with E-state index in [0.717, 1.165) is 16.5 Å². The molecule has 3 nitrogen and oxygen atoms in total. The highest BCUT2D eigenvalue weighted by Crippen LogP contribution is 2.21. The molecule has 4 heteroatoms. The summed E-state index contributed by atoms with van der Waals surface area (Å²) < 4.78 is 13.1. The van der Waals surface area contributed by atoms with E-state index >= 15 is 0 Å². The van der Waals surface area contributed by atoms with Gasteiger partial charge in [-0.1, -0.05) is 26.0 Å². The Labute approximate surface area is 113 Å². The molecule has 0 aliphatic heterocycles. The summed E-state index contributed by atoms with van der Waals surface area (Å²) in [7, 11) is 0. The van der Waals surface area contributed by atoms with Crippen molar-refractivity contribution in [1.29, 1.82) is 0 Å². The minimum atomic E-state index is -0.260. The van der Waals surface area contributed by atoms with Crippen molar-refractivity contribution >= 4 is 16.5 Å². The van der Waals surface area contributed by atoms with Crippen LogP contribution in [0.4, 0.5) is 10.1 Å². The highest BCUT2D eigenvalue weighted by molar-refractivity contribution is 5.86.